The zero-order valence-electron chi connectivity index (χ0n) is 12.8. The van der Waals surface area contributed by atoms with Crippen LogP contribution in [0.3, 0.4) is 0 Å². The molecule has 2 aromatic rings. The predicted molar refractivity (Wildman–Crippen MR) is 92.9 cm³/mol. The van der Waals surface area contributed by atoms with Crippen molar-refractivity contribution in [2.45, 2.75) is 20.3 Å². The van der Waals surface area contributed by atoms with Gasteiger partial charge in [0.05, 0.1) is 5.56 Å². The Morgan fingerprint density at radius 2 is 1.95 bits per heavy atom. The van der Waals surface area contributed by atoms with Crippen molar-refractivity contribution in [2.24, 2.45) is 0 Å². The van der Waals surface area contributed by atoms with Gasteiger partial charge in [0.2, 0.25) is 0 Å². The molecule has 1 aromatic carbocycles. The summed E-state index contributed by atoms with van der Waals surface area (Å²) < 4.78 is 4.29. The van der Waals surface area contributed by atoms with Crippen LogP contribution in [0.2, 0.25) is 0 Å². The van der Waals surface area contributed by atoms with Gasteiger partial charge >= 0.3 is 0 Å². The Balaban J connectivity index is 2.02. The van der Waals surface area contributed by atoms with Gasteiger partial charge in [-0.1, -0.05) is 44.2 Å². The van der Waals surface area contributed by atoms with E-state index in [1.165, 1.54) is 18.0 Å². The predicted octanol–water partition coefficient (Wildman–Crippen LogP) is 3.54. The van der Waals surface area contributed by atoms with Gasteiger partial charge in [0.25, 0.3) is 0 Å². The molecule has 2 rings (SSSR count). The van der Waals surface area contributed by atoms with Crippen molar-refractivity contribution in [2.75, 3.05) is 37.2 Å². The van der Waals surface area contributed by atoms with Crippen LogP contribution in [0.25, 0.3) is 11.1 Å². The van der Waals surface area contributed by atoms with Crippen LogP contribution in [0.4, 0.5) is 10.8 Å². The van der Waals surface area contributed by atoms with Gasteiger partial charge in [-0.2, -0.15) is 4.37 Å². The second kappa shape index (κ2) is 8.00. The quantitative estimate of drug-likeness (QED) is 0.783. The first kappa shape index (κ1) is 15.8. The van der Waals surface area contributed by atoms with Crippen LogP contribution in [0, 0.1) is 0 Å². The van der Waals surface area contributed by atoms with E-state index in [1.54, 1.807) is 0 Å². The molecule has 0 radical (unpaired) electrons. The van der Waals surface area contributed by atoms with Crippen LogP contribution in [0.5, 0.6) is 0 Å². The van der Waals surface area contributed by atoms with Crippen molar-refractivity contribution in [3.05, 3.63) is 30.3 Å². The highest BCUT2D eigenvalue weighted by Crippen LogP contribution is 2.36. The van der Waals surface area contributed by atoms with Crippen LogP contribution < -0.4 is 11.1 Å². The van der Waals surface area contributed by atoms with Crippen LogP contribution in [-0.2, 0) is 0 Å². The summed E-state index contributed by atoms with van der Waals surface area (Å²) in [5, 5.41) is 4.55. The molecule has 0 aliphatic rings. The van der Waals surface area contributed by atoms with Gasteiger partial charge in [-0.25, -0.2) is 0 Å². The summed E-state index contributed by atoms with van der Waals surface area (Å²) in [6.07, 6.45) is 1.19. The molecule has 3 N–H and O–H groups in total. The van der Waals surface area contributed by atoms with Gasteiger partial charge in [0.15, 0.2) is 0 Å². The number of nitrogens with zero attached hydrogens (tertiary/aromatic N) is 2. The molecule has 0 unspecified atom stereocenters. The molecule has 0 saturated heterocycles. The van der Waals surface area contributed by atoms with Gasteiger partial charge in [-0.05, 0) is 36.6 Å². The second-order valence-electron chi connectivity index (χ2n) is 5.00. The molecule has 114 valence electrons. The molecule has 0 aliphatic heterocycles. The summed E-state index contributed by atoms with van der Waals surface area (Å²) in [4.78, 5) is 2.44. The van der Waals surface area contributed by atoms with Crippen molar-refractivity contribution in [3.8, 4) is 11.1 Å². The number of nitrogens with two attached hydrogens (primary N) is 1. The van der Waals surface area contributed by atoms with Crippen LogP contribution in [0.15, 0.2) is 30.3 Å². The lowest BCUT2D eigenvalue weighted by molar-refractivity contribution is 0.300. The Bertz CT molecular complexity index is 538. The Hall–Kier alpha value is -1.59. The number of anilines is 2. The third kappa shape index (κ3) is 4.19. The molecule has 0 atom stereocenters. The number of benzene rings is 1. The minimum absolute atomic E-state index is 0.606. The first-order valence-corrected chi connectivity index (χ1v) is 8.30. The SMILES string of the molecule is CCCN(CC)CCNc1snc(N)c1-c1ccccc1. The van der Waals surface area contributed by atoms with Crippen LogP contribution in [0.1, 0.15) is 20.3 Å². The molecule has 4 nitrogen and oxygen atoms in total. The lowest BCUT2D eigenvalue weighted by Crippen LogP contribution is -2.29. The minimum Gasteiger partial charge on any atom is -0.382 e. The van der Waals surface area contributed by atoms with E-state index in [4.69, 9.17) is 5.73 Å². The number of likely N-dealkylation sites (N-methyl/N-ethyl adjacent to an activating group) is 1. The third-order valence-corrected chi connectivity index (χ3v) is 4.30. The highest BCUT2D eigenvalue weighted by atomic mass is 32.1. The van der Waals surface area contributed by atoms with E-state index in [1.807, 2.05) is 18.2 Å². The molecule has 5 heteroatoms. The van der Waals surface area contributed by atoms with E-state index in [9.17, 15) is 0 Å². The Kier molecular flexibility index (Phi) is 6.02. The summed E-state index contributed by atoms with van der Waals surface area (Å²) in [7, 11) is 0. The fraction of sp³-hybridized carbons (Fsp3) is 0.438. The Morgan fingerprint density at radius 1 is 1.19 bits per heavy atom. The van der Waals surface area contributed by atoms with E-state index < -0.39 is 0 Å². The van der Waals surface area contributed by atoms with Gasteiger partial charge in [0, 0.05) is 13.1 Å². The van der Waals surface area contributed by atoms with E-state index in [0.717, 1.165) is 42.3 Å². The minimum atomic E-state index is 0.606. The number of nitrogens with one attached hydrogen (secondary N) is 1. The Morgan fingerprint density at radius 3 is 2.62 bits per heavy atom. The van der Waals surface area contributed by atoms with Crippen molar-refractivity contribution >= 4 is 22.4 Å². The molecule has 0 spiro atoms. The number of nitrogen functional groups attached to an aromatic ring is 1. The first-order chi connectivity index (χ1) is 10.3. The van der Waals surface area contributed by atoms with Gasteiger partial charge in [0.1, 0.15) is 10.8 Å². The number of hydrogen-bond donors (Lipinski definition) is 2. The van der Waals surface area contributed by atoms with Crippen LogP contribution in [-0.4, -0.2) is 35.5 Å². The highest BCUT2D eigenvalue weighted by Gasteiger charge is 2.13. The zero-order valence-corrected chi connectivity index (χ0v) is 13.6. The van der Waals surface area contributed by atoms with E-state index in [-0.39, 0.29) is 0 Å². The average molecular weight is 304 g/mol. The normalized spacial score (nSPS) is 11.0. The van der Waals surface area contributed by atoms with Crippen molar-refractivity contribution in [1.82, 2.24) is 9.27 Å². The van der Waals surface area contributed by atoms with Gasteiger partial charge in [-0.3, -0.25) is 0 Å². The summed E-state index contributed by atoms with van der Waals surface area (Å²) >= 11 is 1.44. The fourth-order valence-electron chi connectivity index (χ4n) is 2.38. The molecular formula is C16H24N4S. The maximum atomic E-state index is 6.03. The largest absolute Gasteiger partial charge is 0.382 e. The topological polar surface area (TPSA) is 54.2 Å². The standard InChI is InChI=1S/C16H24N4S/c1-3-11-20(4-2)12-10-18-16-14(15(17)19-21-16)13-8-6-5-7-9-13/h5-9,18H,3-4,10-12H2,1-2H3,(H2,17,19). The molecule has 21 heavy (non-hydrogen) atoms. The maximum Gasteiger partial charge on any atom is 0.147 e. The third-order valence-electron chi connectivity index (χ3n) is 3.48. The fourth-order valence-corrected chi connectivity index (χ4v) is 3.14. The van der Waals surface area contributed by atoms with E-state index in [0.29, 0.717) is 5.82 Å². The zero-order chi connectivity index (χ0) is 15.1. The number of aromatic nitrogens is 1. The summed E-state index contributed by atoms with van der Waals surface area (Å²) in [6, 6.07) is 10.2. The monoisotopic (exact) mass is 304 g/mol. The molecular weight excluding hydrogens is 280 g/mol. The van der Waals surface area contributed by atoms with Crippen LogP contribution >= 0.6 is 11.5 Å². The first-order valence-electron chi connectivity index (χ1n) is 7.53. The van der Waals surface area contributed by atoms with Crippen molar-refractivity contribution in [3.63, 3.8) is 0 Å². The number of hydrogen-bond acceptors (Lipinski definition) is 5. The summed E-state index contributed by atoms with van der Waals surface area (Å²) in [6.45, 7) is 8.61. The average Bonchev–Trinajstić information content (AvgIpc) is 2.88. The smallest absolute Gasteiger partial charge is 0.147 e. The maximum absolute atomic E-state index is 6.03. The number of rotatable bonds is 8. The second-order valence-corrected chi connectivity index (χ2v) is 5.77. The lowest BCUT2D eigenvalue weighted by Gasteiger charge is -2.19. The van der Waals surface area contributed by atoms with Crippen molar-refractivity contribution < 1.29 is 0 Å². The van der Waals surface area contributed by atoms with E-state index in [2.05, 4.69) is 40.6 Å². The lowest BCUT2D eigenvalue weighted by atomic mass is 10.1. The summed E-state index contributed by atoms with van der Waals surface area (Å²) in [5.41, 5.74) is 8.17. The summed E-state index contributed by atoms with van der Waals surface area (Å²) in [5.74, 6) is 0.606. The molecule has 0 bridgehead atoms. The molecule has 0 aliphatic carbocycles. The molecule has 0 saturated carbocycles. The van der Waals surface area contributed by atoms with Gasteiger partial charge < -0.3 is 16.0 Å². The molecule has 0 amide bonds. The molecule has 1 aromatic heterocycles. The Labute approximate surface area is 131 Å². The molecule has 1 heterocycles. The van der Waals surface area contributed by atoms with E-state index >= 15 is 0 Å². The highest BCUT2D eigenvalue weighted by molar-refractivity contribution is 7.11. The van der Waals surface area contributed by atoms with Crippen molar-refractivity contribution in [1.29, 1.82) is 0 Å². The molecule has 0 fully saturated rings. The van der Waals surface area contributed by atoms with Gasteiger partial charge in [-0.15, -0.1) is 0 Å².